The Morgan fingerprint density at radius 2 is 1.00 bits per heavy atom. The summed E-state index contributed by atoms with van der Waals surface area (Å²) < 4.78 is 23.1. The van der Waals surface area contributed by atoms with Gasteiger partial charge in [-0.2, -0.15) is 10.0 Å². The Bertz CT molecular complexity index is 1260. The standard InChI is InChI=1S/C35H42O4S/c1-34(36-19-20-37-34)17-14-27-6-10-30(11-7-27)32-24-29(16-23-40(3,4)5)25-33(26-32)31-12-8-28(9-13-31)15-18-35(2)38-21-22-39-35/h6-13,24-26H,14-15,17-22H2,1-5H3. The SMILES string of the molecule is CC1(CCc2ccc(-c3cc(C#CS(C)(C)C)cc(-c4ccc(CCC5(C)OCCO5)cc4)c3)cc2)OCCO1. The van der Waals surface area contributed by atoms with Gasteiger partial charge in [-0.1, -0.05) is 54.5 Å². The van der Waals surface area contributed by atoms with Crippen LogP contribution in [0.1, 0.15) is 43.4 Å². The highest BCUT2D eigenvalue weighted by Crippen LogP contribution is 2.34. The van der Waals surface area contributed by atoms with Crippen LogP contribution in [0.5, 0.6) is 0 Å². The lowest BCUT2D eigenvalue weighted by atomic mass is 9.94. The lowest BCUT2D eigenvalue weighted by Crippen LogP contribution is -2.26. The van der Waals surface area contributed by atoms with Crippen molar-refractivity contribution in [2.24, 2.45) is 0 Å². The summed E-state index contributed by atoms with van der Waals surface area (Å²) in [5.41, 5.74) is 8.37. The minimum absolute atomic E-state index is 0.457. The molecule has 0 atom stereocenters. The second-order valence-electron chi connectivity index (χ2n) is 11.9. The fraction of sp³-hybridized carbons (Fsp3) is 0.429. The molecule has 2 heterocycles. The molecule has 2 saturated heterocycles. The molecule has 0 bridgehead atoms. The van der Waals surface area contributed by atoms with Gasteiger partial charge in [0.15, 0.2) is 11.6 Å². The number of aryl methyl sites for hydroxylation is 2. The van der Waals surface area contributed by atoms with Gasteiger partial charge < -0.3 is 18.9 Å². The number of ether oxygens (including phenoxy) is 4. The van der Waals surface area contributed by atoms with Gasteiger partial charge in [-0.15, -0.1) is 0 Å². The van der Waals surface area contributed by atoms with Crippen molar-refractivity contribution in [3.63, 3.8) is 0 Å². The van der Waals surface area contributed by atoms with Gasteiger partial charge in [0, 0.05) is 18.4 Å². The molecule has 2 aliphatic heterocycles. The maximum absolute atomic E-state index is 5.77. The van der Waals surface area contributed by atoms with Crippen LogP contribution >= 0.6 is 10.0 Å². The number of rotatable bonds is 8. The van der Waals surface area contributed by atoms with E-state index in [1.807, 2.05) is 13.8 Å². The van der Waals surface area contributed by atoms with Crippen LogP contribution in [0.2, 0.25) is 0 Å². The first-order valence-corrected chi connectivity index (χ1v) is 17.0. The van der Waals surface area contributed by atoms with Crippen molar-refractivity contribution in [1.29, 1.82) is 0 Å². The van der Waals surface area contributed by atoms with Crippen molar-refractivity contribution in [2.75, 3.05) is 45.2 Å². The fourth-order valence-electron chi connectivity index (χ4n) is 5.12. The van der Waals surface area contributed by atoms with E-state index in [-0.39, 0.29) is 0 Å². The third kappa shape index (κ3) is 7.78. The lowest BCUT2D eigenvalue weighted by Gasteiger charge is -2.22. The van der Waals surface area contributed by atoms with Crippen molar-refractivity contribution < 1.29 is 18.9 Å². The van der Waals surface area contributed by atoms with E-state index in [1.54, 1.807) is 0 Å². The van der Waals surface area contributed by atoms with E-state index < -0.39 is 21.6 Å². The molecule has 5 heteroatoms. The smallest absolute Gasteiger partial charge is 0.166 e. The third-order valence-corrected chi connectivity index (χ3v) is 8.26. The summed E-state index contributed by atoms with van der Waals surface area (Å²) in [4.78, 5) is 0. The largest absolute Gasteiger partial charge is 0.348 e. The second kappa shape index (κ2) is 12.1. The monoisotopic (exact) mass is 558 g/mol. The zero-order valence-electron chi connectivity index (χ0n) is 24.5. The van der Waals surface area contributed by atoms with Crippen LogP contribution in [0.3, 0.4) is 0 Å². The Morgan fingerprint density at radius 1 is 0.600 bits per heavy atom. The van der Waals surface area contributed by atoms with E-state index in [9.17, 15) is 0 Å². The number of benzene rings is 3. The maximum Gasteiger partial charge on any atom is 0.166 e. The Morgan fingerprint density at radius 3 is 1.38 bits per heavy atom. The van der Waals surface area contributed by atoms with Crippen molar-refractivity contribution in [3.05, 3.63) is 83.4 Å². The predicted molar refractivity (Wildman–Crippen MR) is 167 cm³/mol. The van der Waals surface area contributed by atoms with Gasteiger partial charge in [0.05, 0.1) is 26.4 Å². The highest BCUT2D eigenvalue weighted by molar-refractivity contribution is 8.35. The summed E-state index contributed by atoms with van der Waals surface area (Å²) in [5, 5.41) is 3.49. The van der Waals surface area contributed by atoms with Crippen molar-refractivity contribution in [1.82, 2.24) is 0 Å². The Hall–Kier alpha value is -2.59. The highest BCUT2D eigenvalue weighted by Gasteiger charge is 2.31. The van der Waals surface area contributed by atoms with Gasteiger partial charge in [0.2, 0.25) is 0 Å². The molecule has 0 aliphatic carbocycles. The van der Waals surface area contributed by atoms with E-state index in [2.05, 4.69) is 96.7 Å². The van der Waals surface area contributed by atoms with E-state index in [0.717, 1.165) is 31.2 Å². The summed E-state index contributed by atoms with van der Waals surface area (Å²) >= 11 is 0. The first-order chi connectivity index (χ1) is 19.1. The van der Waals surface area contributed by atoms with Crippen LogP contribution in [0.25, 0.3) is 22.3 Å². The summed E-state index contributed by atoms with van der Waals surface area (Å²) in [6.45, 7) is 6.79. The topological polar surface area (TPSA) is 36.9 Å². The molecule has 0 radical (unpaired) electrons. The van der Waals surface area contributed by atoms with Crippen LogP contribution < -0.4 is 0 Å². The fourth-order valence-corrected chi connectivity index (χ4v) is 5.54. The Labute approximate surface area is 241 Å². The van der Waals surface area contributed by atoms with Crippen molar-refractivity contribution in [2.45, 2.75) is 51.1 Å². The van der Waals surface area contributed by atoms with Crippen LogP contribution in [0.15, 0.2) is 66.7 Å². The maximum atomic E-state index is 5.77. The molecule has 0 saturated carbocycles. The molecule has 0 unspecified atom stereocenters. The van der Waals surface area contributed by atoms with Gasteiger partial charge in [-0.05, 0) is 102 Å². The molecule has 0 spiro atoms. The molecule has 2 fully saturated rings. The van der Waals surface area contributed by atoms with Crippen LogP contribution in [-0.4, -0.2) is 56.8 Å². The van der Waals surface area contributed by atoms with E-state index in [4.69, 9.17) is 18.9 Å². The normalized spacial score (nSPS) is 18.3. The zero-order chi connectivity index (χ0) is 28.2. The Kier molecular flexibility index (Phi) is 8.75. The first kappa shape index (κ1) is 28.9. The van der Waals surface area contributed by atoms with Gasteiger partial charge in [0.25, 0.3) is 0 Å². The molecular weight excluding hydrogens is 516 g/mol. The third-order valence-electron chi connectivity index (χ3n) is 7.54. The molecule has 0 amide bonds. The van der Waals surface area contributed by atoms with E-state index >= 15 is 0 Å². The molecular formula is C35H42O4S. The van der Waals surface area contributed by atoms with Crippen LogP contribution in [0, 0.1) is 11.2 Å². The summed E-state index contributed by atoms with van der Waals surface area (Å²) in [5.74, 6) is 2.56. The predicted octanol–water partition coefficient (Wildman–Crippen LogP) is 7.41. The van der Waals surface area contributed by atoms with Crippen molar-refractivity contribution in [3.8, 4) is 33.4 Å². The second-order valence-corrected chi connectivity index (χ2v) is 15.8. The van der Waals surface area contributed by atoms with E-state index in [0.29, 0.717) is 26.4 Å². The highest BCUT2D eigenvalue weighted by atomic mass is 32.3. The quantitative estimate of drug-likeness (QED) is 0.270. The molecule has 4 nitrogen and oxygen atoms in total. The van der Waals surface area contributed by atoms with Gasteiger partial charge >= 0.3 is 0 Å². The molecule has 0 N–H and O–H groups in total. The number of hydrogen-bond donors (Lipinski definition) is 0. The zero-order valence-corrected chi connectivity index (χ0v) is 25.4. The van der Waals surface area contributed by atoms with Gasteiger partial charge in [-0.25, -0.2) is 0 Å². The molecule has 2 aliphatic rings. The average Bonchev–Trinajstić information content (AvgIpc) is 3.58. The minimum Gasteiger partial charge on any atom is -0.348 e. The van der Waals surface area contributed by atoms with Gasteiger partial charge in [0.1, 0.15) is 0 Å². The van der Waals surface area contributed by atoms with Gasteiger partial charge in [-0.3, -0.25) is 0 Å². The van der Waals surface area contributed by atoms with Crippen LogP contribution in [0.4, 0.5) is 0 Å². The molecule has 3 aromatic carbocycles. The summed E-state index contributed by atoms with van der Waals surface area (Å²) in [6.07, 6.45) is 10.2. The molecule has 212 valence electrons. The van der Waals surface area contributed by atoms with E-state index in [1.165, 1.54) is 33.4 Å². The average molecular weight is 559 g/mol. The Balaban J connectivity index is 1.36. The minimum atomic E-state index is -0.928. The van der Waals surface area contributed by atoms with Crippen molar-refractivity contribution >= 4 is 10.0 Å². The first-order valence-electron chi connectivity index (χ1n) is 14.2. The number of hydrogen-bond acceptors (Lipinski definition) is 4. The molecule has 3 aromatic rings. The summed E-state index contributed by atoms with van der Waals surface area (Å²) in [7, 11) is -0.928. The lowest BCUT2D eigenvalue weighted by molar-refractivity contribution is -0.146. The van der Waals surface area contributed by atoms with Crippen LogP contribution in [-0.2, 0) is 31.8 Å². The molecule has 0 aromatic heterocycles. The molecule has 5 rings (SSSR count). The summed E-state index contributed by atoms with van der Waals surface area (Å²) in [6, 6.07) is 24.5. The molecule has 40 heavy (non-hydrogen) atoms.